The quantitative estimate of drug-likeness (QED) is 0.779. The summed E-state index contributed by atoms with van der Waals surface area (Å²) in [5, 5.41) is 5.25. The first kappa shape index (κ1) is 15.3. The van der Waals surface area contributed by atoms with Crippen molar-refractivity contribution >= 4 is 22.4 Å². The van der Waals surface area contributed by atoms with Crippen LogP contribution in [0, 0.1) is 0 Å². The van der Waals surface area contributed by atoms with E-state index < -0.39 is 6.10 Å². The Labute approximate surface area is 138 Å². The smallest absolute Gasteiger partial charge is 0.259 e. The molecule has 0 aliphatic heterocycles. The second-order valence-electron chi connectivity index (χ2n) is 4.79. The molecule has 2 heterocycles. The number of hydrogen-bond acceptors (Lipinski definition) is 5. The molecule has 0 aliphatic carbocycles. The van der Waals surface area contributed by atoms with Gasteiger partial charge in [-0.1, -0.05) is 30.3 Å². The monoisotopic (exact) mass is 325 g/mol. The first-order chi connectivity index (χ1) is 11.3. The van der Waals surface area contributed by atoms with Gasteiger partial charge in [0.05, 0.1) is 5.69 Å². The van der Waals surface area contributed by atoms with E-state index in [4.69, 9.17) is 4.74 Å². The van der Waals surface area contributed by atoms with Crippen molar-refractivity contribution in [2.75, 3.05) is 12.4 Å². The van der Waals surface area contributed by atoms with Crippen molar-refractivity contribution < 1.29 is 9.53 Å². The van der Waals surface area contributed by atoms with Crippen LogP contribution < -0.4 is 5.32 Å². The van der Waals surface area contributed by atoms with Crippen LogP contribution in [0.4, 0.5) is 5.13 Å². The van der Waals surface area contributed by atoms with Gasteiger partial charge in [0.25, 0.3) is 5.91 Å². The Morgan fingerprint density at radius 2 is 1.91 bits per heavy atom. The molecule has 3 aromatic rings. The zero-order valence-corrected chi connectivity index (χ0v) is 13.3. The van der Waals surface area contributed by atoms with E-state index >= 15 is 0 Å². The molecule has 0 saturated carbocycles. The van der Waals surface area contributed by atoms with Gasteiger partial charge in [-0.25, -0.2) is 4.98 Å². The number of carbonyl (C=O) groups excluding carboxylic acids is 1. The molecule has 1 amide bonds. The number of benzene rings is 1. The average molecular weight is 325 g/mol. The lowest BCUT2D eigenvalue weighted by Gasteiger charge is -2.14. The highest BCUT2D eigenvalue weighted by Gasteiger charge is 2.21. The maximum Gasteiger partial charge on any atom is 0.259 e. The topological polar surface area (TPSA) is 64.1 Å². The highest BCUT2D eigenvalue weighted by molar-refractivity contribution is 7.14. The van der Waals surface area contributed by atoms with Gasteiger partial charge >= 0.3 is 0 Å². The minimum absolute atomic E-state index is 0.241. The van der Waals surface area contributed by atoms with E-state index in [0.29, 0.717) is 5.13 Å². The number of nitrogens with one attached hydrogen (secondary N) is 1. The summed E-state index contributed by atoms with van der Waals surface area (Å²) in [4.78, 5) is 20.8. The molecule has 23 heavy (non-hydrogen) atoms. The van der Waals surface area contributed by atoms with Crippen LogP contribution in [-0.4, -0.2) is 23.0 Å². The highest BCUT2D eigenvalue weighted by Crippen LogP contribution is 2.26. The fraction of sp³-hybridized carbons (Fsp3) is 0.118. The second-order valence-corrected chi connectivity index (χ2v) is 5.65. The Balaban J connectivity index is 1.74. The Bertz CT molecular complexity index is 775. The molecule has 0 saturated heterocycles. The number of aromatic nitrogens is 2. The summed E-state index contributed by atoms with van der Waals surface area (Å²) in [5.41, 5.74) is 2.57. The molecule has 0 spiro atoms. The van der Waals surface area contributed by atoms with Gasteiger partial charge in [-0.2, -0.15) is 0 Å². The predicted molar refractivity (Wildman–Crippen MR) is 90.2 cm³/mol. The van der Waals surface area contributed by atoms with Crippen LogP contribution in [0.3, 0.4) is 0 Å². The minimum Gasteiger partial charge on any atom is -0.367 e. The van der Waals surface area contributed by atoms with E-state index in [1.54, 1.807) is 12.4 Å². The number of carbonyl (C=O) groups is 1. The van der Waals surface area contributed by atoms with Gasteiger partial charge in [0.1, 0.15) is 0 Å². The summed E-state index contributed by atoms with van der Waals surface area (Å²) in [5.74, 6) is -0.241. The van der Waals surface area contributed by atoms with Crippen molar-refractivity contribution in [1.82, 2.24) is 9.97 Å². The van der Waals surface area contributed by atoms with E-state index in [1.165, 1.54) is 18.4 Å². The fourth-order valence-corrected chi connectivity index (χ4v) is 2.90. The van der Waals surface area contributed by atoms with Gasteiger partial charge in [-0.15, -0.1) is 11.3 Å². The molecule has 116 valence electrons. The summed E-state index contributed by atoms with van der Waals surface area (Å²) in [6, 6.07) is 13.1. The van der Waals surface area contributed by atoms with Gasteiger partial charge in [-0.05, 0) is 17.7 Å². The van der Waals surface area contributed by atoms with Crippen molar-refractivity contribution in [3.8, 4) is 11.3 Å². The van der Waals surface area contributed by atoms with Crippen molar-refractivity contribution in [3.63, 3.8) is 0 Å². The highest BCUT2D eigenvalue weighted by atomic mass is 32.1. The third-order valence-corrected chi connectivity index (χ3v) is 4.04. The lowest BCUT2D eigenvalue weighted by atomic mass is 10.1. The van der Waals surface area contributed by atoms with E-state index in [0.717, 1.165) is 16.8 Å². The molecule has 0 radical (unpaired) electrons. The number of anilines is 1. The SMILES string of the molecule is CO[C@@H](C(=O)Nc1nc(-c2ccncc2)cs1)c1ccccc1. The van der Waals surface area contributed by atoms with Crippen LogP contribution in [0.25, 0.3) is 11.3 Å². The lowest BCUT2D eigenvalue weighted by Crippen LogP contribution is -2.22. The number of pyridine rings is 1. The van der Waals surface area contributed by atoms with E-state index in [9.17, 15) is 4.79 Å². The average Bonchev–Trinajstić information content (AvgIpc) is 3.06. The lowest BCUT2D eigenvalue weighted by molar-refractivity contribution is -0.126. The third-order valence-electron chi connectivity index (χ3n) is 3.29. The zero-order valence-electron chi connectivity index (χ0n) is 12.5. The van der Waals surface area contributed by atoms with Crippen LogP contribution in [0.5, 0.6) is 0 Å². The number of nitrogens with zero attached hydrogens (tertiary/aromatic N) is 2. The molecule has 2 aromatic heterocycles. The molecule has 0 unspecified atom stereocenters. The summed E-state index contributed by atoms with van der Waals surface area (Å²) >= 11 is 1.38. The first-order valence-corrected chi connectivity index (χ1v) is 7.90. The molecule has 6 heteroatoms. The Kier molecular flexibility index (Phi) is 4.75. The Morgan fingerprint density at radius 1 is 1.17 bits per heavy atom. The molecule has 0 bridgehead atoms. The summed E-state index contributed by atoms with van der Waals surface area (Å²) in [7, 11) is 1.52. The third kappa shape index (κ3) is 3.61. The first-order valence-electron chi connectivity index (χ1n) is 7.02. The van der Waals surface area contributed by atoms with Crippen molar-refractivity contribution in [2.45, 2.75) is 6.10 Å². The number of ether oxygens (including phenoxy) is 1. The molecule has 0 aliphatic rings. The molecule has 5 nitrogen and oxygen atoms in total. The molecule has 1 atom stereocenters. The summed E-state index contributed by atoms with van der Waals surface area (Å²) in [6.07, 6.45) is 2.76. The summed E-state index contributed by atoms with van der Waals surface area (Å²) in [6.45, 7) is 0. The standard InChI is InChI=1S/C17H15N3O2S/c1-22-15(13-5-3-2-4-6-13)16(21)20-17-19-14(11-23-17)12-7-9-18-10-8-12/h2-11,15H,1H3,(H,19,20,21)/t15-/m1/s1. The van der Waals surface area contributed by atoms with Crippen molar-refractivity contribution in [1.29, 1.82) is 0 Å². The molecule has 1 N–H and O–H groups in total. The molecule has 3 rings (SSSR count). The van der Waals surface area contributed by atoms with Crippen molar-refractivity contribution in [2.24, 2.45) is 0 Å². The van der Waals surface area contributed by atoms with Crippen LogP contribution in [0.15, 0.2) is 60.2 Å². The maximum absolute atomic E-state index is 12.4. The maximum atomic E-state index is 12.4. The number of hydrogen-bond donors (Lipinski definition) is 1. The van der Waals surface area contributed by atoms with E-state index in [-0.39, 0.29) is 5.91 Å². The summed E-state index contributed by atoms with van der Waals surface area (Å²) < 4.78 is 5.32. The van der Waals surface area contributed by atoms with Crippen LogP contribution in [-0.2, 0) is 9.53 Å². The van der Waals surface area contributed by atoms with Crippen LogP contribution in [0.2, 0.25) is 0 Å². The predicted octanol–water partition coefficient (Wildman–Crippen LogP) is 3.53. The number of amides is 1. The van der Waals surface area contributed by atoms with Gasteiger partial charge in [0.15, 0.2) is 11.2 Å². The van der Waals surface area contributed by atoms with E-state index in [1.807, 2.05) is 47.8 Å². The van der Waals surface area contributed by atoms with Gasteiger partial charge in [0.2, 0.25) is 0 Å². The van der Waals surface area contributed by atoms with Gasteiger partial charge in [0, 0.05) is 30.4 Å². The van der Waals surface area contributed by atoms with Gasteiger partial charge < -0.3 is 4.74 Å². The number of thiazole rings is 1. The fourth-order valence-electron chi connectivity index (χ4n) is 2.18. The normalized spacial score (nSPS) is 11.9. The largest absolute Gasteiger partial charge is 0.367 e. The second kappa shape index (κ2) is 7.13. The molecular formula is C17H15N3O2S. The molecule has 1 aromatic carbocycles. The molecule has 0 fully saturated rings. The van der Waals surface area contributed by atoms with Gasteiger partial charge in [-0.3, -0.25) is 15.1 Å². The zero-order chi connectivity index (χ0) is 16.1. The van der Waals surface area contributed by atoms with E-state index in [2.05, 4.69) is 15.3 Å². The minimum atomic E-state index is -0.663. The Morgan fingerprint density at radius 3 is 2.61 bits per heavy atom. The van der Waals surface area contributed by atoms with Crippen LogP contribution >= 0.6 is 11.3 Å². The van der Waals surface area contributed by atoms with Crippen LogP contribution in [0.1, 0.15) is 11.7 Å². The van der Waals surface area contributed by atoms with Crippen molar-refractivity contribution in [3.05, 3.63) is 65.8 Å². The molecular weight excluding hydrogens is 310 g/mol. The Hall–Kier alpha value is -2.57. The number of methoxy groups -OCH3 is 1. The number of rotatable bonds is 5.